The first-order valence-corrected chi connectivity index (χ1v) is 8.72. The molecule has 0 fully saturated rings. The molecule has 5 heteroatoms. The van der Waals surface area contributed by atoms with Crippen LogP contribution in [0.3, 0.4) is 0 Å². The summed E-state index contributed by atoms with van der Waals surface area (Å²) in [6.45, 7) is 2.60. The molecule has 132 valence electrons. The van der Waals surface area contributed by atoms with Crippen LogP contribution < -0.4 is 15.6 Å². The molecule has 4 rings (SSSR count). The predicted molar refractivity (Wildman–Crippen MR) is 103 cm³/mol. The summed E-state index contributed by atoms with van der Waals surface area (Å²) in [5.41, 5.74) is 9.80. The number of rotatable bonds is 4. The van der Waals surface area contributed by atoms with Crippen molar-refractivity contribution in [3.63, 3.8) is 0 Å². The van der Waals surface area contributed by atoms with Gasteiger partial charge in [-0.05, 0) is 54.5 Å². The first-order valence-electron chi connectivity index (χ1n) is 8.72. The Balaban J connectivity index is 1.73. The van der Waals surface area contributed by atoms with Gasteiger partial charge < -0.3 is 9.30 Å². The second kappa shape index (κ2) is 6.59. The van der Waals surface area contributed by atoms with E-state index in [4.69, 9.17) is 4.74 Å². The van der Waals surface area contributed by atoms with Crippen LogP contribution in [0.25, 0.3) is 16.6 Å². The summed E-state index contributed by atoms with van der Waals surface area (Å²) in [5, 5.41) is 1.10. The molecular weight excluding hydrogens is 326 g/mol. The first kappa shape index (κ1) is 16.3. The fraction of sp³-hybridized carbons (Fsp3) is 0.190. The monoisotopic (exact) mass is 347 g/mol. The molecule has 1 aromatic heterocycles. The number of hydrazine groups is 1. The zero-order chi connectivity index (χ0) is 18.1. The third-order valence-corrected chi connectivity index (χ3v) is 4.68. The molecule has 1 unspecified atom stereocenters. The Morgan fingerprint density at radius 3 is 2.62 bits per heavy atom. The second-order valence-electron chi connectivity index (χ2n) is 6.34. The number of carbonyl (C=O) groups excluding carboxylic acids is 1. The van der Waals surface area contributed by atoms with Gasteiger partial charge in [-0.1, -0.05) is 18.2 Å². The van der Waals surface area contributed by atoms with Gasteiger partial charge in [-0.3, -0.25) is 15.6 Å². The quantitative estimate of drug-likeness (QED) is 0.761. The normalized spacial score (nSPS) is 16.8. The van der Waals surface area contributed by atoms with Crippen LogP contribution in [-0.4, -0.2) is 17.1 Å². The Kier molecular flexibility index (Phi) is 4.13. The SMILES string of the molecule is CCOc1ccc(C2=CC(c3cn(C)c4ccccc34)C(=O)NN2)cc1. The summed E-state index contributed by atoms with van der Waals surface area (Å²) in [5.74, 6) is 0.433. The van der Waals surface area contributed by atoms with E-state index in [0.717, 1.165) is 33.5 Å². The molecule has 1 aliphatic heterocycles. The van der Waals surface area contributed by atoms with Crippen LogP contribution in [0.15, 0.2) is 60.8 Å². The van der Waals surface area contributed by atoms with Crippen molar-refractivity contribution in [3.8, 4) is 5.75 Å². The van der Waals surface area contributed by atoms with E-state index in [2.05, 4.69) is 27.6 Å². The fourth-order valence-corrected chi connectivity index (χ4v) is 3.41. The lowest BCUT2D eigenvalue weighted by atomic mass is 9.94. The van der Waals surface area contributed by atoms with Gasteiger partial charge in [0.05, 0.1) is 18.2 Å². The Bertz CT molecular complexity index is 986. The Labute approximate surface area is 152 Å². The highest BCUT2D eigenvalue weighted by molar-refractivity contribution is 5.96. The molecule has 26 heavy (non-hydrogen) atoms. The molecule has 0 aliphatic carbocycles. The molecule has 1 atom stereocenters. The number of carbonyl (C=O) groups is 1. The van der Waals surface area contributed by atoms with Gasteiger partial charge in [0.25, 0.3) is 0 Å². The minimum atomic E-state index is -0.344. The predicted octanol–water partition coefficient (Wildman–Crippen LogP) is 3.34. The average molecular weight is 347 g/mol. The van der Waals surface area contributed by atoms with Gasteiger partial charge in [-0.15, -0.1) is 0 Å². The zero-order valence-corrected chi connectivity index (χ0v) is 14.8. The number of hydrogen-bond donors (Lipinski definition) is 2. The largest absolute Gasteiger partial charge is 0.494 e. The summed E-state index contributed by atoms with van der Waals surface area (Å²) >= 11 is 0. The van der Waals surface area contributed by atoms with Crippen LogP contribution in [0.1, 0.15) is 24.0 Å². The van der Waals surface area contributed by atoms with Crippen LogP contribution in [0.4, 0.5) is 0 Å². The van der Waals surface area contributed by atoms with E-state index < -0.39 is 0 Å². The standard InChI is InChI=1S/C21H21N3O2/c1-3-26-15-10-8-14(9-11-15)19-12-17(21(25)23-22-19)18-13-24(2)20-7-5-4-6-16(18)20/h4-13,17,22H,3H2,1-2H3,(H,23,25). The van der Waals surface area contributed by atoms with Crippen molar-refractivity contribution in [2.75, 3.05) is 6.61 Å². The lowest BCUT2D eigenvalue weighted by Crippen LogP contribution is -2.42. The third-order valence-electron chi connectivity index (χ3n) is 4.68. The van der Waals surface area contributed by atoms with E-state index in [1.54, 1.807) is 0 Å². The molecule has 0 bridgehead atoms. The van der Waals surface area contributed by atoms with E-state index >= 15 is 0 Å². The van der Waals surface area contributed by atoms with Gasteiger partial charge in [0.15, 0.2) is 0 Å². The Morgan fingerprint density at radius 2 is 1.85 bits per heavy atom. The van der Waals surface area contributed by atoms with Crippen LogP contribution in [0, 0.1) is 0 Å². The topological polar surface area (TPSA) is 55.3 Å². The summed E-state index contributed by atoms with van der Waals surface area (Å²) in [6, 6.07) is 16.0. The highest BCUT2D eigenvalue weighted by Gasteiger charge is 2.26. The highest BCUT2D eigenvalue weighted by Crippen LogP contribution is 2.31. The van der Waals surface area contributed by atoms with Crippen molar-refractivity contribution in [3.05, 3.63) is 71.9 Å². The molecule has 0 saturated carbocycles. The average Bonchev–Trinajstić information content (AvgIpc) is 3.00. The number of aryl methyl sites for hydroxylation is 1. The van der Waals surface area contributed by atoms with Gasteiger partial charge in [-0.25, -0.2) is 0 Å². The maximum Gasteiger partial charge on any atom is 0.249 e. The van der Waals surface area contributed by atoms with Crippen molar-refractivity contribution in [1.29, 1.82) is 0 Å². The molecule has 5 nitrogen and oxygen atoms in total. The maximum atomic E-state index is 12.5. The molecule has 0 radical (unpaired) electrons. The smallest absolute Gasteiger partial charge is 0.249 e. The second-order valence-corrected chi connectivity index (χ2v) is 6.34. The molecule has 2 heterocycles. The van der Waals surface area contributed by atoms with Crippen LogP contribution in [0.5, 0.6) is 5.75 Å². The van der Waals surface area contributed by atoms with Crippen molar-refractivity contribution < 1.29 is 9.53 Å². The van der Waals surface area contributed by atoms with E-state index in [1.807, 2.05) is 62.6 Å². The van der Waals surface area contributed by atoms with E-state index in [9.17, 15) is 4.79 Å². The minimum Gasteiger partial charge on any atom is -0.494 e. The number of amides is 1. The molecule has 1 aliphatic rings. The maximum absolute atomic E-state index is 12.5. The number of hydrogen-bond acceptors (Lipinski definition) is 3. The van der Waals surface area contributed by atoms with E-state index in [-0.39, 0.29) is 11.8 Å². The van der Waals surface area contributed by atoms with E-state index in [0.29, 0.717) is 6.61 Å². The van der Waals surface area contributed by atoms with Crippen molar-refractivity contribution in [2.24, 2.45) is 7.05 Å². The number of nitrogens with one attached hydrogen (secondary N) is 2. The van der Waals surface area contributed by atoms with Crippen molar-refractivity contribution in [1.82, 2.24) is 15.4 Å². The molecular formula is C21H21N3O2. The zero-order valence-electron chi connectivity index (χ0n) is 14.8. The fourth-order valence-electron chi connectivity index (χ4n) is 3.41. The number of aromatic nitrogens is 1. The molecule has 2 N–H and O–H groups in total. The number of fused-ring (bicyclic) bond motifs is 1. The number of nitrogens with zero attached hydrogens (tertiary/aromatic N) is 1. The van der Waals surface area contributed by atoms with Crippen LogP contribution in [-0.2, 0) is 11.8 Å². The Hall–Kier alpha value is -3.21. The van der Waals surface area contributed by atoms with Gasteiger partial charge >= 0.3 is 0 Å². The third kappa shape index (κ3) is 2.81. The molecule has 3 aromatic rings. The van der Waals surface area contributed by atoms with Gasteiger partial charge in [0.2, 0.25) is 5.91 Å². The van der Waals surface area contributed by atoms with E-state index in [1.165, 1.54) is 0 Å². The molecule has 2 aromatic carbocycles. The lowest BCUT2D eigenvalue weighted by Gasteiger charge is -2.23. The first-order chi connectivity index (χ1) is 12.7. The van der Waals surface area contributed by atoms with Crippen molar-refractivity contribution in [2.45, 2.75) is 12.8 Å². The van der Waals surface area contributed by atoms with Gasteiger partial charge in [0.1, 0.15) is 5.75 Å². The molecule has 0 spiro atoms. The molecule has 0 saturated heterocycles. The van der Waals surface area contributed by atoms with Crippen LogP contribution >= 0.6 is 0 Å². The van der Waals surface area contributed by atoms with Crippen molar-refractivity contribution >= 4 is 22.5 Å². The summed E-state index contributed by atoms with van der Waals surface area (Å²) in [7, 11) is 2.00. The summed E-state index contributed by atoms with van der Waals surface area (Å²) < 4.78 is 7.55. The Morgan fingerprint density at radius 1 is 1.08 bits per heavy atom. The highest BCUT2D eigenvalue weighted by atomic mass is 16.5. The number of benzene rings is 2. The number of ether oxygens (including phenoxy) is 1. The lowest BCUT2D eigenvalue weighted by molar-refractivity contribution is -0.122. The summed E-state index contributed by atoms with van der Waals surface area (Å²) in [4.78, 5) is 12.5. The molecule has 1 amide bonds. The van der Waals surface area contributed by atoms with Gasteiger partial charge in [-0.2, -0.15) is 0 Å². The summed E-state index contributed by atoms with van der Waals surface area (Å²) in [6.07, 6.45) is 4.02. The van der Waals surface area contributed by atoms with Crippen LogP contribution in [0.2, 0.25) is 0 Å². The van der Waals surface area contributed by atoms with Gasteiger partial charge in [0, 0.05) is 24.1 Å². The number of para-hydroxylation sites is 1. The minimum absolute atomic E-state index is 0.0592.